The van der Waals surface area contributed by atoms with Crippen molar-refractivity contribution in [1.29, 1.82) is 5.26 Å². The Kier molecular flexibility index (Phi) is 8.01. The Morgan fingerprint density at radius 2 is 1.97 bits per heavy atom. The third-order valence-electron chi connectivity index (χ3n) is 8.83. The normalized spacial score (nSPS) is 28.8. The SMILES string of the molecule is CC1(C)C2CN(C(=O)[C@@H](N(C(=O)c3cc(Cl)ccc3Cl)[C@H](C#N)C[C@@H]3CCN[C@H]3O)C(C)(C)C)C(C(N)=O)C21. The summed E-state index contributed by atoms with van der Waals surface area (Å²) >= 11 is 12.6. The molecule has 9 nitrogen and oxygen atoms in total. The molecule has 3 aliphatic rings. The number of rotatable bonds is 7. The highest BCUT2D eigenvalue weighted by Gasteiger charge is 2.69. The monoisotopic (exact) mass is 577 g/mol. The maximum Gasteiger partial charge on any atom is 0.257 e. The molecule has 2 aliphatic heterocycles. The van der Waals surface area contributed by atoms with Crippen LogP contribution in [0.25, 0.3) is 0 Å². The van der Waals surface area contributed by atoms with E-state index in [1.807, 2.05) is 20.8 Å². The highest BCUT2D eigenvalue weighted by Crippen LogP contribution is 2.65. The van der Waals surface area contributed by atoms with Crippen molar-refractivity contribution >= 4 is 40.9 Å². The minimum absolute atomic E-state index is 0.0578. The van der Waals surface area contributed by atoms with Crippen LogP contribution in [0.2, 0.25) is 10.0 Å². The summed E-state index contributed by atoms with van der Waals surface area (Å²) in [6.45, 7) is 10.5. The lowest BCUT2D eigenvalue weighted by Crippen LogP contribution is -2.62. The van der Waals surface area contributed by atoms with E-state index >= 15 is 0 Å². The van der Waals surface area contributed by atoms with Crippen LogP contribution in [0, 0.1) is 39.9 Å². The number of nitrogens with zero attached hydrogens (tertiary/aromatic N) is 3. The summed E-state index contributed by atoms with van der Waals surface area (Å²) < 4.78 is 0. The largest absolute Gasteiger partial charge is 0.378 e. The molecule has 0 aromatic heterocycles. The number of hydrogen-bond acceptors (Lipinski definition) is 6. The molecule has 0 bridgehead atoms. The Balaban J connectivity index is 1.80. The molecule has 3 fully saturated rings. The summed E-state index contributed by atoms with van der Waals surface area (Å²) in [6.07, 6.45) is -0.0724. The van der Waals surface area contributed by atoms with Crippen LogP contribution in [0.5, 0.6) is 0 Å². The Labute approximate surface area is 239 Å². The van der Waals surface area contributed by atoms with Crippen molar-refractivity contribution in [2.24, 2.45) is 34.3 Å². The maximum absolute atomic E-state index is 14.4. The molecule has 1 aliphatic carbocycles. The van der Waals surface area contributed by atoms with Crippen LogP contribution in [0.15, 0.2) is 18.2 Å². The van der Waals surface area contributed by atoms with Gasteiger partial charge in [-0.05, 0) is 60.3 Å². The van der Waals surface area contributed by atoms with Crippen LogP contribution in [0.4, 0.5) is 0 Å². The zero-order valence-electron chi connectivity index (χ0n) is 22.9. The quantitative estimate of drug-likeness (QED) is 0.455. The molecule has 0 spiro atoms. The zero-order valence-corrected chi connectivity index (χ0v) is 24.5. The fourth-order valence-electron chi connectivity index (χ4n) is 6.65. The number of piperidine rings is 1. The fourth-order valence-corrected chi connectivity index (χ4v) is 7.02. The van der Waals surface area contributed by atoms with Crippen molar-refractivity contribution in [2.75, 3.05) is 13.1 Å². The number of hydrogen-bond donors (Lipinski definition) is 3. The van der Waals surface area contributed by atoms with Crippen molar-refractivity contribution in [3.05, 3.63) is 33.8 Å². The lowest BCUT2D eigenvalue weighted by molar-refractivity contribution is -0.146. The first-order valence-electron chi connectivity index (χ1n) is 13.3. The van der Waals surface area contributed by atoms with Gasteiger partial charge in [-0.15, -0.1) is 0 Å². The first kappa shape index (κ1) is 29.6. The number of nitriles is 1. The van der Waals surface area contributed by atoms with E-state index in [2.05, 4.69) is 25.2 Å². The molecule has 7 atom stereocenters. The van der Waals surface area contributed by atoms with Gasteiger partial charge in [0.2, 0.25) is 11.8 Å². The Morgan fingerprint density at radius 3 is 2.51 bits per heavy atom. The van der Waals surface area contributed by atoms with Gasteiger partial charge in [0.25, 0.3) is 5.91 Å². The number of nitrogens with two attached hydrogens (primary N) is 1. The van der Waals surface area contributed by atoms with Crippen molar-refractivity contribution in [1.82, 2.24) is 15.1 Å². The number of benzene rings is 1. The summed E-state index contributed by atoms with van der Waals surface area (Å²) in [6, 6.07) is 3.70. The molecular formula is C28H37Cl2N5O4. The molecule has 4 N–H and O–H groups in total. The number of amides is 3. The summed E-state index contributed by atoms with van der Waals surface area (Å²) in [5.41, 5.74) is 4.92. The van der Waals surface area contributed by atoms with Crippen LogP contribution in [-0.4, -0.2) is 70.1 Å². The van der Waals surface area contributed by atoms with E-state index in [1.54, 1.807) is 6.07 Å². The molecule has 11 heteroatoms. The van der Waals surface area contributed by atoms with E-state index in [0.29, 0.717) is 19.5 Å². The topological polar surface area (TPSA) is 140 Å². The van der Waals surface area contributed by atoms with Gasteiger partial charge in [-0.2, -0.15) is 5.26 Å². The molecule has 4 rings (SSSR count). The van der Waals surface area contributed by atoms with Crippen LogP contribution >= 0.6 is 23.2 Å². The molecule has 2 saturated heterocycles. The third kappa shape index (κ3) is 5.37. The predicted molar refractivity (Wildman–Crippen MR) is 147 cm³/mol. The van der Waals surface area contributed by atoms with E-state index in [1.165, 1.54) is 21.9 Å². The average Bonchev–Trinajstić information content (AvgIpc) is 3.20. The second kappa shape index (κ2) is 10.5. The summed E-state index contributed by atoms with van der Waals surface area (Å²) in [4.78, 5) is 44.1. The van der Waals surface area contributed by atoms with E-state index < -0.39 is 47.5 Å². The van der Waals surface area contributed by atoms with E-state index in [9.17, 15) is 24.8 Å². The summed E-state index contributed by atoms with van der Waals surface area (Å²) in [7, 11) is 0. The van der Waals surface area contributed by atoms with E-state index in [0.717, 1.165) is 0 Å². The van der Waals surface area contributed by atoms with Crippen LogP contribution in [0.1, 0.15) is 57.8 Å². The molecule has 3 amide bonds. The van der Waals surface area contributed by atoms with Crippen molar-refractivity contribution < 1.29 is 19.5 Å². The van der Waals surface area contributed by atoms with Crippen LogP contribution < -0.4 is 11.1 Å². The molecule has 212 valence electrons. The number of carbonyl (C=O) groups is 3. The molecule has 3 unspecified atom stereocenters. The number of primary amides is 1. The minimum Gasteiger partial charge on any atom is -0.378 e. The second-order valence-electron chi connectivity index (χ2n) is 12.7. The number of halogens is 2. The van der Waals surface area contributed by atoms with Gasteiger partial charge in [0, 0.05) is 17.5 Å². The molecule has 0 radical (unpaired) electrons. The lowest BCUT2D eigenvalue weighted by atomic mass is 9.82. The van der Waals surface area contributed by atoms with Gasteiger partial charge in [-0.25, -0.2) is 0 Å². The van der Waals surface area contributed by atoms with Gasteiger partial charge in [-0.3, -0.25) is 19.7 Å². The number of likely N-dealkylation sites (tertiary alicyclic amines) is 1. The summed E-state index contributed by atoms with van der Waals surface area (Å²) in [5, 5.41) is 24.2. The van der Waals surface area contributed by atoms with Gasteiger partial charge < -0.3 is 20.6 Å². The van der Waals surface area contributed by atoms with Crippen molar-refractivity contribution in [3.8, 4) is 6.07 Å². The number of nitrogens with one attached hydrogen (secondary N) is 1. The van der Waals surface area contributed by atoms with Gasteiger partial charge in [0.1, 0.15) is 24.4 Å². The van der Waals surface area contributed by atoms with Gasteiger partial charge in [-0.1, -0.05) is 57.8 Å². The number of carbonyl (C=O) groups excluding carboxylic acids is 3. The van der Waals surface area contributed by atoms with Crippen LogP contribution in [0.3, 0.4) is 0 Å². The third-order valence-corrected chi connectivity index (χ3v) is 9.40. The van der Waals surface area contributed by atoms with Gasteiger partial charge in [0.15, 0.2) is 0 Å². The lowest BCUT2D eigenvalue weighted by Gasteiger charge is -2.44. The first-order chi connectivity index (χ1) is 18.1. The molecule has 1 aromatic carbocycles. The Morgan fingerprint density at radius 1 is 1.31 bits per heavy atom. The molecule has 1 saturated carbocycles. The highest BCUT2D eigenvalue weighted by molar-refractivity contribution is 6.35. The maximum atomic E-state index is 14.4. The Bertz CT molecular complexity index is 1210. The summed E-state index contributed by atoms with van der Waals surface area (Å²) in [5.74, 6) is -1.87. The molecule has 2 heterocycles. The van der Waals surface area contributed by atoms with Gasteiger partial charge >= 0.3 is 0 Å². The number of aliphatic hydroxyl groups excluding tert-OH is 1. The number of aliphatic hydroxyl groups is 1. The Hall–Kier alpha value is -2.38. The predicted octanol–water partition coefficient (Wildman–Crippen LogP) is 3.03. The fraction of sp³-hybridized carbons (Fsp3) is 0.643. The van der Waals surface area contributed by atoms with Gasteiger partial charge in [0.05, 0.1) is 16.7 Å². The van der Waals surface area contributed by atoms with Crippen LogP contribution in [-0.2, 0) is 9.59 Å². The number of fused-ring (bicyclic) bond motifs is 1. The highest BCUT2D eigenvalue weighted by atomic mass is 35.5. The standard InChI is InChI=1S/C28H37Cl2N5O4/c1-27(2,3)22(26(39)34-13-18-20(28(18,4)5)21(34)23(32)36)35(16(12-31)10-14-8-9-33-24(14)37)25(38)17-11-15(29)6-7-19(17)30/h6-7,11,14,16,18,20-22,24,33,37H,8-10,13H2,1-5H3,(H2,32,36)/t14-,16-,18?,20?,21?,22+,24-/m0/s1. The average molecular weight is 579 g/mol. The molecule has 39 heavy (non-hydrogen) atoms. The second-order valence-corrected chi connectivity index (χ2v) is 13.6. The van der Waals surface area contributed by atoms with E-state index in [4.69, 9.17) is 28.9 Å². The van der Waals surface area contributed by atoms with Crippen molar-refractivity contribution in [3.63, 3.8) is 0 Å². The van der Waals surface area contributed by atoms with E-state index in [-0.39, 0.29) is 45.2 Å². The smallest absolute Gasteiger partial charge is 0.257 e. The molecule has 1 aromatic rings. The van der Waals surface area contributed by atoms with Crippen molar-refractivity contribution in [2.45, 2.75) is 71.8 Å². The zero-order chi connectivity index (χ0) is 29.0. The first-order valence-corrected chi connectivity index (χ1v) is 14.1. The molecular weight excluding hydrogens is 541 g/mol. The minimum atomic E-state index is -1.13.